The van der Waals surface area contributed by atoms with Gasteiger partial charge in [0.25, 0.3) is 0 Å². The standard InChI is InChI=1S/C5H10O3/c1-5(6)4-7-2-3-8-5/h6H,2-4H2,1H3. The Morgan fingerprint density at radius 1 is 1.50 bits per heavy atom. The molecule has 0 bridgehead atoms. The lowest BCUT2D eigenvalue weighted by atomic mass is 10.3. The molecule has 8 heavy (non-hydrogen) atoms. The third kappa shape index (κ3) is 1.43. The van der Waals surface area contributed by atoms with Crippen LogP contribution < -0.4 is 0 Å². The van der Waals surface area contributed by atoms with Gasteiger partial charge in [0.15, 0.2) is 5.79 Å². The van der Waals surface area contributed by atoms with E-state index in [1.807, 2.05) is 0 Å². The van der Waals surface area contributed by atoms with E-state index in [0.717, 1.165) is 0 Å². The lowest BCUT2D eigenvalue weighted by molar-refractivity contribution is -0.257. The van der Waals surface area contributed by atoms with Gasteiger partial charge in [0.2, 0.25) is 0 Å². The predicted molar refractivity (Wildman–Crippen MR) is 27.4 cm³/mol. The molecule has 3 nitrogen and oxygen atoms in total. The molecule has 1 aliphatic heterocycles. The maximum atomic E-state index is 9.03. The number of aliphatic hydroxyl groups is 1. The summed E-state index contributed by atoms with van der Waals surface area (Å²) in [6.07, 6.45) is 0. The van der Waals surface area contributed by atoms with E-state index in [0.29, 0.717) is 13.2 Å². The van der Waals surface area contributed by atoms with Crippen LogP contribution in [-0.2, 0) is 9.47 Å². The zero-order chi connectivity index (χ0) is 6.04. The summed E-state index contributed by atoms with van der Waals surface area (Å²) in [4.78, 5) is 0. The van der Waals surface area contributed by atoms with E-state index in [2.05, 4.69) is 0 Å². The minimum absolute atomic E-state index is 0.285. The van der Waals surface area contributed by atoms with Crippen LogP contribution in [0, 0.1) is 0 Å². The van der Waals surface area contributed by atoms with E-state index >= 15 is 0 Å². The molecular weight excluding hydrogens is 108 g/mol. The second-order valence-corrected chi connectivity index (χ2v) is 2.08. The Hall–Kier alpha value is -0.120. The largest absolute Gasteiger partial charge is 0.373 e. The van der Waals surface area contributed by atoms with Crippen LogP contribution in [0.15, 0.2) is 0 Å². The fraction of sp³-hybridized carbons (Fsp3) is 1.00. The summed E-state index contributed by atoms with van der Waals surface area (Å²) in [5.74, 6) is -1.04. The van der Waals surface area contributed by atoms with E-state index in [9.17, 15) is 0 Å². The molecule has 1 saturated heterocycles. The van der Waals surface area contributed by atoms with Crippen LogP contribution in [0.2, 0.25) is 0 Å². The summed E-state index contributed by atoms with van der Waals surface area (Å²) in [5, 5.41) is 9.03. The molecule has 0 amide bonds. The highest BCUT2D eigenvalue weighted by molar-refractivity contribution is 4.60. The Kier molecular flexibility index (Phi) is 1.51. The van der Waals surface area contributed by atoms with Crippen molar-refractivity contribution in [3.8, 4) is 0 Å². The van der Waals surface area contributed by atoms with Gasteiger partial charge in [0.05, 0.1) is 13.2 Å². The molecule has 1 heterocycles. The smallest absolute Gasteiger partial charge is 0.186 e. The Morgan fingerprint density at radius 2 is 2.25 bits per heavy atom. The van der Waals surface area contributed by atoms with Gasteiger partial charge in [-0.15, -0.1) is 0 Å². The highest BCUT2D eigenvalue weighted by atomic mass is 16.7. The molecule has 0 saturated carbocycles. The van der Waals surface area contributed by atoms with Crippen LogP contribution in [0.5, 0.6) is 0 Å². The van der Waals surface area contributed by atoms with Crippen molar-refractivity contribution in [3.63, 3.8) is 0 Å². The van der Waals surface area contributed by atoms with Gasteiger partial charge in [0, 0.05) is 0 Å². The number of hydrogen-bond acceptors (Lipinski definition) is 3. The third-order valence-corrected chi connectivity index (χ3v) is 1.01. The highest BCUT2D eigenvalue weighted by Crippen LogP contribution is 2.09. The SMILES string of the molecule is CC1(O)COCCO1. The molecule has 1 rings (SSSR count). The summed E-state index contributed by atoms with van der Waals surface area (Å²) >= 11 is 0. The lowest BCUT2D eigenvalue weighted by Gasteiger charge is -2.27. The van der Waals surface area contributed by atoms with Crippen molar-refractivity contribution in [1.82, 2.24) is 0 Å². The first-order chi connectivity index (χ1) is 3.71. The van der Waals surface area contributed by atoms with E-state index < -0.39 is 5.79 Å². The second-order valence-electron chi connectivity index (χ2n) is 2.08. The van der Waals surface area contributed by atoms with E-state index in [1.165, 1.54) is 0 Å². The van der Waals surface area contributed by atoms with Crippen molar-refractivity contribution in [2.45, 2.75) is 12.7 Å². The molecule has 0 spiro atoms. The summed E-state index contributed by atoms with van der Waals surface area (Å²) < 4.78 is 9.81. The molecule has 0 aromatic rings. The van der Waals surface area contributed by atoms with E-state index in [4.69, 9.17) is 14.6 Å². The Labute approximate surface area is 48.2 Å². The molecule has 48 valence electrons. The van der Waals surface area contributed by atoms with Gasteiger partial charge in [-0.3, -0.25) is 0 Å². The molecule has 0 aliphatic carbocycles. The van der Waals surface area contributed by atoms with Crippen molar-refractivity contribution in [2.24, 2.45) is 0 Å². The normalized spacial score (nSPS) is 39.8. The summed E-state index contributed by atoms with van der Waals surface area (Å²) in [6.45, 7) is 2.96. The fourth-order valence-corrected chi connectivity index (χ4v) is 0.624. The molecule has 1 aliphatic rings. The van der Waals surface area contributed by atoms with Crippen molar-refractivity contribution in [3.05, 3.63) is 0 Å². The first-order valence-corrected chi connectivity index (χ1v) is 2.65. The van der Waals surface area contributed by atoms with Gasteiger partial charge < -0.3 is 14.6 Å². The minimum atomic E-state index is -1.04. The lowest BCUT2D eigenvalue weighted by Crippen LogP contribution is -2.39. The van der Waals surface area contributed by atoms with Crippen molar-refractivity contribution in [1.29, 1.82) is 0 Å². The number of hydrogen-bond donors (Lipinski definition) is 1. The summed E-state index contributed by atoms with van der Waals surface area (Å²) in [5.41, 5.74) is 0. The molecule has 0 aromatic heterocycles. The molecular formula is C5H10O3. The zero-order valence-corrected chi connectivity index (χ0v) is 4.89. The van der Waals surface area contributed by atoms with Crippen LogP contribution >= 0.6 is 0 Å². The number of ether oxygens (including phenoxy) is 2. The fourth-order valence-electron chi connectivity index (χ4n) is 0.624. The van der Waals surface area contributed by atoms with Gasteiger partial charge in [-0.2, -0.15) is 0 Å². The summed E-state index contributed by atoms with van der Waals surface area (Å²) in [6, 6.07) is 0. The highest BCUT2D eigenvalue weighted by Gasteiger charge is 2.24. The van der Waals surface area contributed by atoms with Gasteiger partial charge in [0.1, 0.15) is 6.61 Å². The van der Waals surface area contributed by atoms with Crippen molar-refractivity contribution in [2.75, 3.05) is 19.8 Å². The zero-order valence-electron chi connectivity index (χ0n) is 4.89. The quantitative estimate of drug-likeness (QED) is 0.476. The van der Waals surface area contributed by atoms with E-state index in [-0.39, 0.29) is 6.61 Å². The van der Waals surface area contributed by atoms with Crippen molar-refractivity contribution < 1.29 is 14.6 Å². The molecule has 1 N–H and O–H groups in total. The average Bonchev–Trinajstić information content (AvgIpc) is 1.65. The Bertz CT molecular complexity index is 71.7. The minimum Gasteiger partial charge on any atom is -0.373 e. The van der Waals surface area contributed by atoms with E-state index in [1.54, 1.807) is 6.92 Å². The Morgan fingerprint density at radius 3 is 2.50 bits per heavy atom. The third-order valence-electron chi connectivity index (χ3n) is 1.01. The summed E-state index contributed by atoms with van der Waals surface area (Å²) in [7, 11) is 0. The molecule has 1 atom stereocenters. The second kappa shape index (κ2) is 2.01. The monoisotopic (exact) mass is 118 g/mol. The maximum absolute atomic E-state index is 9.03. The van der Waals surface area contributed by atoms with Crippen LogP contribution in [0.4, 0.5) is 0 Å². The van der Waals surface area contributed by atoms with Crippen molar-refractivity contribution >= 4 is 0 Å². The average molecular weight is 118 g/mol. The van der Waals surface area contributed by atoms with Gasteiger partial charge in [-0.05, 0) is 6.92 Å². The molecule has 0 aromatic carbocycles. The molecule has 1 fully saturated rings. The molecule has 3 heteroatoms. The molecule has 1 unspecified atom stereocenters. The molecule has 0 radical (unpaired) electrons. The number of rotatable bonds is 0. The Balaban J connectivity index is 2.33. The maximum Gasteiger partial charge on any atom is 0.186 e. The van der Waals surface area contributed by atoms with Gasteiger partial charge >= 0.3 is 0 Å². The topological polar surface area (TPSA) is 38.7 Å². The van der Waals surface area contributed by atoms with Crippen LogP contribution in [0.25, 0.3) is 0 Å². The van der Waals surface area contributed by atoms with Crippen LogP contribution in [0.1, 0.15) is 6.92 Å². The van der Waals surface area contributed by atoms with Gasteiger partial charge in [-0.1, -0.05) is 0 Å². The van der Waals surface area contributed by atoms with Crippen LogP contribution in [-0.4, -0.2) is 30.7 Å². The van der Waals surface area contributed by atoms with Crippen LogP contribution in [0.3, 0.4) is 0 Å². The predicted octanol–water partition coefficient (Wildman–Crippen LogP) is -0.258. The first kappa shape index (κ1) is 6.01. The van der Waals surface area contributed by atoms with Gasteiger partial charge in [-0.25, -0.2) is 0 Å². The first-order valence-electron chi connectivity index (χ1n) is 2.65.